The molecule has 1 aliphatic rings. The zero-order valence-electron chi connectivity index (χ0n) is 11.7. The quantitative estimate of drug-likeness (QED) is 0.559. The molecule has 0 spiro atoms. The molecule has 1 saturated heterocycles. The average Bonchev–Trinajstić information content (AvgIpc) is 2.88. The fourth-order valence-electron chi connectivity index (χ4n) is 2.31. The van der Waals surface area contributed by atoms with Crippen LogP contribution < -0.4 is 5.32 Å². The lowest BCUT2D eigenvalue weighted by molar-refractivity contribution is 0.0944. The van der Waals surface area contributed by atoms with E-state index in [-0.39, 0.29) is 29.9 Å². The summed E-state index contributed by atoms with van der Waals surface area (Å²) in [6.07, 6.45) is 0.278. The maximum absolute atomic E-state index is 12.1. The van der Waals surface area contributed by atoms with E-state index in [9.17, 15) is 19.8 Å². The van der Waals surface area contributed by atoms with Gasteiger partial charge in [-0.05, 0) is 24.6 Å². The summed E-state index contributed by atoms with van der Waals surface area (Å²) in [5.41, 5.74) is 0.342. The Morgan fingerprint density at radius 2 is 2.14 bits per heavy atom. The Morgan fingerprint density at radius 3 is 2.81 bits per heavy atom. The van der Waals surface area contributed by atoms with Crippen LogP contribution in [0.1, 0.15) is 16.8 Å². The van der Waals surface area contributed by atoms with Gasteiger partial charge in [0, 0.05) is 24.7 Å². The van der Waals surface area contributed by atoms with Crippen molar-refractivity contribution in [3.05, 3.63) is 23.8 Å². The standard InChI is InChI=1S/C14H18N2O5/c1-21-14(20)15-10-4-5-16(7-10)8-13(19)9-2-3-11(17)12(18)6-9/h2-3,6,10,17-18H,4-5,7-8H2,1H3,(H,15,20). The van der Waals surface area contributed by atoms with Crippen molar-refractivity contribution in [1.82, 2.24) is 10.2 Å². The van der Waals surface area contributed by atoms with E-state index in [4.69, 9.17) is 0 Å². The second-order valence-electron chi connectivity index (χ2n) is 4.98. The molecule has 114 valence electrons. The summed E-state index contributed by atoms with van der Waals surface area (Å²) in [5.74, 6) is -0.716. The highest BCUT2D eigenvalue weighted by Gasteiger charge is 2.25. The lowest BCUT2D eigenvalue weighted by Crippen LogP contribution is -2.37. The number of amides is 1. The average molecular weight is 294 g/mol. The fourth-order valence-corrected chi connectivity index (χ4v) is 2.31. The molecule has 1 fully saturated rings. The van der Waals surface area contributed by atoms with Gasteiger partial charge in [0.25, 0.3) is 0 Å². The summed E-state index contributed by atoms with van der Waals surface area (Å²) in [4.78, 5) is 25.1. The highest BCUT2D eigenvalue weighted by atomic mass is 16.5. The van der Waals surface area contributed by atoms with Crippen LogP contribution in [0.4, 0.5) is 4.79 Å². The van der Waals surface area contributed by atoms with Gasteiger partial charge in [-0.1, -0.05) is 0 Å². The number of Topliss-reactive ketones (excluding diaryl/α,β-unsaturated/α-hetero) is 1. The van der Waals surface area contributed by atoms with E-state index in [1.165, 1.54) is 25.3 Å². The first-order valence-electron chi connectivity index (χ1n) is 6.61. The minimum Gasteiger partial charge on any atom is -0.504 e. The molecule has 21 heavy (non-hydrogen) atoms. The van der Waals surface area contributed by atoms with Crippen LogP contribution in [-0.2, 0) is 4.74 Å². The number of phenolic OH excluding ortho intramolecular Hbond substituents is 2. The molecule has 0 bridgehead atoms. The van der Waals surface area contributed by atoms with Crippen LogP contribution in [0, 0.1) is 0 Å². The Hall–Kier alpha value is -2.28. The molecule has 7 heteroatoms. The minimum absolute atomic E-state index is 0.0292. The van der Waals surface area contributed by atoms with E-state index in [1.54, 1.807) is 0 Å². The summed E-state index contributed by atoms with van der Waals surface area (Å²) >= 11 is 0. The predicted molar refractivity (Wildman–Crippen MR) is 74.5 cm³/mol. The summed E-state index contributed by atoms with van der Waals surface area (Å²) in [6.45, 7) is 1.47. The molecule has 7 nitrogen and oxygen atoms in total. The number of methoxy groups -OCH3 is 1. The molecule has 1 unspecified atom stereocenters. The van der Waals surface area contributed by atoms with Crippen molar-refractivity contribution < 1.29 is 24.5 Å². The van der Waals surface area contributed by atoms with Gasteiger partial charge < -0.3 is 20.3 Å². The van der Waals surface area contributed by atoms with Gasteiger partial charge in [0.2, 0.25) is 0 Å². The molecule has 1 atom stereocenters. The minimum atomic E-state index is -0.475. The Morgan fingerprint density at radius 1 is 1.38 bits per heavy atom. The number of ketones is 1. The summed E-state index contributed by atoms with van der Waals surface area (Å²) in [7, 11) is 1.31. The van der Waals surface area contributed by atoms with Crippen LogP contribution in [0.3, 0.4) is 0 Å². The third-order valence-corrected chi connectivity index (χ3v) is 3.44. The van der Waals surface area contributed by atoms with Gasteiger partial charge in [-0.3, -0.25) is 9.69 Å². The molecule has 1 heterocycles. The second kappa shape index (κ2) is 6.45. The van der Waals surface area contributed by atoms with Crippen LogP contribution in [-0.4, -0.2) is 59.8 Å². The van der Waals surface area contributed by atoms with Gasteiger partial charge in [-0.2, -0.15) is 0 Å². The fraction of sp³-hybridized carbons (Fsp3) is 0.429. The first-order chi connectivity index (χ1) is 9.99. The normalized spacial score (nSPS) is 18.4. The van der Waals surface area contributed by atoms with E-state index < -0.39 is 6.09 Å². The van der Waals surface area contributed by atoms with Crippen LogP contribution >= 0.6 is 0 Å². The van der Waals surface area contributed by atoms with Crippen molar-refractivity contribution in [1.29, 1.82) is 0 Å². The zero-order valence-corrected chi connectivity index (χ0v) is 11.7. The van der Waals surface area contributed by atoms with Gasteiger partial charge in [0.15, 0.2) is 17.3 Å². The number of likely N-dealkylation sites (tertiary alicyclic amines) is 1. The number of phenols is 2. The molecule has 1 aliphatic heterocycles. The third-order valence-electron chi connectivity index (χ3n) is 3.44. The number of rotatable bonds is 4. The SMILES string of the molecule is COC(=O)NC1CCN(CC(=O)c2ccc(O)c(O)c2)C1. The molecule has 0 aromatic heterocycles. The summed E-state index contributed by atoms with van der Waals surface area (Å²) in [6, 6.07) is 3.97. The number of aromatic hydroxyl groups is 2. The van der Waals surface area contributed by atoms with Gasteiger partial charge in [0.05, 0.1) is 13.7 Å². The predicted octanol–water partition coefficient (Wildman–Crippen LogP) is 0.711. The summed E-state index contributed by atoms with van der Waals surface area (Å²) in [5, 5.41) is 21.3. The van der Waals surface area contributed by atoms with Gasteiger partial charge in [-0.25, -0.2) is 4.79 Å². The lowest BCUT2D eigenvalue weighted by atomic mass is 10.1. The van der Waals surface area contributed by atoms with Gasteiger partial charge in [-0.15, -0.1) is 0 Å². The Labute approximate surface area is 122 Å². The van der Waals surface area contributed by atoms with E-state index in [1.807, 2.05) is 4.90 Å². The van der Waals surface area contributed by atoms with Gasteiger partial charge >= 0.3 is 6.09 Å². The number of carbonyl (C=O) groups is 2. The zero-order chi connectivity index (χ0) is 15.4. The Kier molecular flexibility index (Phi) is 4.64. The molecule has 0 radical (unpaired) electrons. The highest BCUT2D eigenvalue weighted by molar-refractivity contribution is 5.98. The van der Waals surface area contributed by atoms with Crippen LogP contribution in [0.25, 0.3) is 0 Å². The number of nitrogens with one attached hydrogen (secondary N) is 1. The summed E-state index contributed by atoms with van der Waals surface area (Å²) < 4.78 is 4.54. The Balaban J connectivity index is 1.89. The molecule has 0 saturated carbocycles. The topological polar surface area (TPSA) is 99.1 Å². The van der Waals surface area contributed by atoms with Crippen LogP contribution in [0.15, 0.2) is 18.2 Å². The number of benzene rings is 1. The van der Waals surface area contributed by atoms with Crippen molar-refractivity contribution >= 4 is 11.9 Å². The number of carbonyl (C=O) groups excluding carboxylic acids is 2. The van der Waals surface area contributed by atoms with Crippen LogP contribution in [0.5, 0.6) is 11.5 Å². The molecule has 1 amide bonds. The molecule has 0 aliphatic carbocycles. The molecule has 1 aromatic carbocycles. The highest BCUT2D eigenvalue weighted by Crippen LogP contribution is 2.25. The van der Waals surface area contributed by atoms with E-state index in [0.717, 1.165) is 6.42 Å². The number of nitrogens with zero attached hydrogens (tertiary/aromatic N) is 1. The van der Waals surface area contributed by atoms with Crippen molar-refractivity contribution in [2.45, 2.75) is 12.5 Å². The molecule has 1 aromatic rings. The monoisotopic (exact) mass is 294 g/mol. The van der Waals surface area contributed by atoms with E-state index in [2.05, 4.69) is 10.1 Å². The molecule has 3 N–H and O–H groups in total. The Bertz CT molecular complexity index is 546. The van der Waals surface area contributed by atoms with Gasteiger partial charge in [0.1, 0.15) is 0 Å². The number of alkyl carbamates (subject to hydrolysis) is 1. The van der Waals surface area contributed by atoms with E-state index in [0.29, 0.717) is 18.7 Å². The first kappa shape index (κ1) is 15.1. The molecular weight excluding hydrogens is 276 g/mol. The van der Waals surface area contributed by atoms with Crippen molar-refractivity contribution in [2.24, 2.45) is 0 Å². The van der Waals surface area contributed by atoms with Crippen LogP contribution in [0.2, 0.25) is 0 Å². The smallest absolute Gasteiger partial charge is 0.407 e. The van der Waals surface area contributed by atoms with E-state index >= 15 is 0 Å². The maximum atomic E-state index is 12.1. The number of ether oxygens (including phenoxy) is 1. The first-order valence-corrected chi connectivity index (χ1v) is 6.61. The number of hydrogen-bond acceptors (Lipinski definition) is 6. The van der Waals surface area contributed by atoms with Crippen molar-refractivity contribution in [3.8, 4) is 11.5 Å². The lowest BCUT2D eigenvalue weighted by Gasteiger charge is -2.15. The number of hydrogen-bond donors (Lipinski definition) is 3. The maximum Gasteiger partial charge on any atom is 0.407 e. The second-order valence-corrected chi connectivity index (χ2v) is 4.98. The van der Waals surface area contributed by atoms with Crippen molar-refractivity contribution in [3.63, 3.8) is 0 Å². The molecule has 2 rings (SSSR count). The molecular formula is C14H18N2O5. The third kappa shape index (κ3) is 3.85. The van der Waals surface area contributed by atoms with Crippen molar-refractivity contribution in [2.75, 3.05) is 26.7 Å². The largest absolute Gasteiger partial charge is 0.504 e.